The normalized spacial score (nSPS) is 10.9. The maximum absolute atomic E-state index is 5.54. The Bertz CT molecular complexity index is 271. The van der Waals surface area contributed by atoms with E-state index in [9.17, 15) is 0 Å². The highest BCUT2D eigenvalue weighted by Crippen LogP contribution is 2.11. The average Bonchev–Trinajstić information content (AvgIpc) is 2.66. The molecule has 86 valence electrons. The van der Waals surface area contributed by atoms with Crippen molar-refractivity contribution < 1.29 is 4.74 Å². The van der Waals surface area contributed by atoms with E-state index in [2.05, 4.69) is 31.2 Å². The second-order valence-corrected chi connectivity index (χ2v) is 3.85. The highest BCUT2D eigenvalue weighted by atomic mass is 16.5. The molecule has 15 heavy (non-hydrogen) atoms. The van der Waals surface area contributed by atoms with E-state index in [0.717, 1.165) is 25.3 Å². The molecule has 1 N–H and O–H groups in total. The van der Waals surface area contributed by atoms with E-state index in [-0.39, 0.29) is 0 Å². The number of nitrogens with zero attached hydrogens (tertiary/aromatic N) is 2. The topological polar surface area (TPSA) is 39.1 Å². The molecule has 0 aromatic carbocycles. The van der Waals surface area contributed by atoms with Crippen LogP contribution in [0.1, 0.15) is 33.2 Å². The molecule has 0 unspecified atom stereocenters. The number of rotatable bonds is 7. The van der Waals surface area contributed by atoms with Gasteiger partial charge >= 0.3 is 0 Å². The SMILES string of the molecule is CCCNCCOc1cnn(C(C)C)c1. The van der Waals surface area contributed by atoms with Crippen molar-refractivity contribution in [3.8, 4) is 5.75 Å². The first kappa shape index (κ1) is 12.0. The molecular formula is C11H21N3O. The molecule has 0 aliphatic rings. The van der Waals surface area contributed by atoms with Crippen LogP contribution in [0.3, 0.4) is 0 Å². The largest absolute Gasteiger partial charge is 0.489 e. The summed E-state index contributed by atoms with van der Waals surface area (Å²) < 4.78 is 7.44. The third-order valence-electron chi connectivity index (χ3n) is 2.08. The average molecular weight is 211 g/mol. The maximum Gasteiger partial charge on any atom is 0.157 e. The van der Waals surface area contributed by atoms with Crippen LogP contribution in [-0.4, -0.2) is 29.5 Å². The fraction of sp³-hybridized carbons (Fsp3) is 0.727. The minimum atomic E-state index is 0.389. The van der Waals surface area contributed by atoms with Gasteiger partial charge in [-0.3, -0.25) is 4.68 Å². The number of hydrogen-bond acceptors (Lipinski definition) is 3. The van der Waals surface area contributed by atoms with Crippen molar-refractivity contribution in [2.24, 2.45) is 0 Å². The van der Waals surface area contributed by atoms with Crippen LogP contribution in [0.15, 0.2) is 12.4 Å². The molecule has 1 aromatic heterocycles. The van der Waals surface area contributed by atoms with Crippen LogP contribution >= 0.6 is 0 Å². The first-order chi connectivity index (χ1) is 7.24. The van der Waals surface area contributed by atoms with Crippen LogP contribution in [0.5, 0.6) is 5.75 Å². The van der Waals surface area contributed by atoms with E-state index in [1.165, 1.54) is 0 Å². The van der Waals surface area contributed by atoms with E-state index in [0.29, 0.717) is 12.6 Å². The number of nitrogens with one attached hydrogen (secondary N) is 1. The van der Waals surface area contributed by atoms with Crippen LogP contribution in [0.25, 0.3) is 0 Å². The third kappa shape index (κ3) is 4.34. The van der Waals surface area contributed by atoms with Crippen LogP contribution < -0.4 is 10.1 Å². The van der Waals surface area contributed by atoms with Crippen LogP contribution in [0.2, 0.25) is 0 Å². The van der Waals surface area contributed by atoms with Gasteiger partial charge in [-0.2, -0.15) is 5.10 Å². The van der Waals surface area contributed by atoms with E-state index in [4.69, 9.17) is 4.74 Å². The van der Waals surface area contributed by atoms with Crippen LogP contribution in [-0.2, 0) is 0 Å². The van der Waals surface area contributed by atoms with Gasteiger partial charge in [-0.05, 0) is 26.8 Å². The Balaban J connectivity index is 2.20. The van der Waals surface area contributed by atoms with Crippen molar-refractivity contribution in [3.05, 3.63) is 12.4 Å². The number of ether oxygens (including phenoxy) is 1. The van der Waals surface area contributed by atoms with Gasteiger partial charge in [0, 0.05) is 12.6 Å². The lowest BCUT2D eigenvalue weighted by molar-refractivity contribution is 0.313. The Labute approximate surface area is 91.6 Å². The van der Waals surface area contributed by atoms with Gasteiger partial charge in [0.1, 0.15) is 6.61 Å². The second kappa shape index (κ2) is 6.45. The Morgan fingerprint density at radius 2 is 2.27 bits per heavy atom. The van der Waals surface area contributed by atoms with E-state index in [1.807, 2.05) is 10.9 Å². The predicted molar refractivity (Wildman–Crippen MR) is 61.3 cm³/mol. The van der Waals surface area contributed by atoms with E-state index >= 15 is 0 Å². The van der Waals surface area contributed by atoms with Gasteiger partial charge < -0.3 is 10.1 Å². The Kier molecular flexibility index (Phi) is 5.18. The molecular weight excluding hydrogens is 190 g/mol. The first-order valence-electron chi connectivity index (χ1n) is 5.61. The molecule has 0 aliphatic carbocycles. The summed E-state index contributed by atoms with van der Waals surface area (Å²) in [5.41, 5.74) is 0. The molecule has 0 saturated heterocycles. The molecule has 0 fully saturated rings. The van der Waals surface area contributed by atoms with Gasteiger partial charge in [-0.1, -0.05) is 6.92 Å². The molecule has 0 bridgehead atoms. The molecule has 1 rings (SSSR count). The molecule has 1 heterocycles. The summed E-state index contributed by atoms with van der Waals surface area (Å²) in [6, 6.07) is 0.389. The second-order valence-electron chi connectivity index (χ2n) is 3.85. The van der Waals surface area contributed by atoms with Gasteiger partial charge in [0.05, 0.1) is 12.4 Å². The van der Waals surface area contributed by atoms with Gasteiger partial charge in [0.25, 0.3) is 0 Å². The third-order valence-corrected chi connectivity index (χ3v) is 2.08. The molecule has 0 aliphatic heterocycles. The van der Waals surface area contributed by atoms with Crippen LogP contribution in [0, 0.1) is 0 Å². The molecule has 0 saturated carbocycles. The zero-order valence-electron chi connectivity index (χ0n) is 9.86. The molecule has 0 radical (unpaired) electrons. The zero-order chi connectivity index (χ0) is 11.1. The quantitative estimate of drug-likeness (QED) is 0.699. The Hall–Kier alpha value is -1.03. The minimum Gasteiger partial charge on any atom is -0.489 e. The summed E-state index contributed by atoms with van der Waals surface area (Å²) in [4.78, 5) is 0. The van der Waals surface area contributed by atoms with Crippen molar-refractivity contribution in [2.45, 2.75) is 33.2 Å². The summed E-state index contributed by atoms with van der Waals surface area (Å²) in [6.45, 7) is 8.98. The predicted octanol–water partition coefficient (Wildman–Crippen LogP) is 1.84. The Morgan fingerprint density at radius 3 is 2.87 bits per heavy atom. The summed E-state index contributed by atoms with van der Waals surface area (Å²) in [5.74, 6) is 0.849. The smallest absolute Gasteiger partial charge is 0.157 e. The number of hydrogen-bond donors (Lipinski definition) is 1. The van der Waals surface area contributed by atoms with Crippen molar-refractivity contribution in [3.63, 3.8) is 0 Å². The zero-order valence-corrected chi connectivity index (χ0v) is 9.86. The molecule has 4 heteroatoms. The van der Waals surface area contributed by atoms with Gasteiger partial charge in [0.15, 0.2) is 5.75 Å². The molecule has 0 amide bonds. The standard InChI is InChI=1S/C11H21N3O/c1-4-5-12-6-7-15-11-8-13-14(9-11)10(2)3/h8-10,12H,4-7H2,1-3H3. The highest BCUT2D eigenvalue weighted by Gasteiger charge is 2.01. The monoisotopic (exact) mass is 211 g/mol. The van der Waals surface area contributed by atoms with Gasteiger partial charge in [-0.15, -0.1) is 0 Å². The lowest BCUT2D eigenvalue weighted by Gasteiger charge is -2.05. The summed E-state index contributed by atoms with van der Waals surface area (Å²) in [6.07, 6.45) is 4.86. The summed E-state index contributed by atoms with van der Waals surface area (Å²) in [7, 11) is 0. The lowest BCUT2D eigenvalue weighted by atomic mass is 10.4. The fourth-order valence-corrected chi connectivity index (χ4v) is 1.22. The van der Waals surface area contributed by atoms with E-state index in [1.54, 1.807) is 6.20 Å². The molecule has 0 spiro atoms. The van der Waals surface area contributed by atoms with Crippen molar-refractivity contribution in [1.29, 1.82) is 0 Å². The van der Waals surface area contributed by atoms with Crippen molar-refractivity contribution >= 4 is 0 Å². The van der Waals surface area contributed by atoms with Gasteiger partial charge in [0.2, 0.25) is 0 Å². The van der Waals surface area contributed by atoms with E-state index < -0.39 is 0 Å². The summed E-state index contributed by atoms with van der Waals surface area (Å²) in [5, 5.41) is 7.48. The fourth-order valence-electron chi connectivity index (χ4n) is 1.22. The van der Waals surface area contributed by atoms with Crippen molar-refractivity contribution in [1.82, 2.24) is 15.1 Å². The lowest BCUT2D eigenvalue weighted by Crippen LogP contribution is -2.21. The summed E-state index contributed by atoms with van der Waals surface area (Å²) >= 11 is 0. The van der Waals surface area contributed by atoms with Crippen molar-refractivity contribution in [2.75, 3.05) is 19.7 Å². The molecule has 1 aromatic rings. The molecule has 4 nitrogen and oxygen atoms in total. The maximum atomic E-state index is 5.54. The Morgan fingerprint density at radius 1 is 1.47 bits per heavy atom. The van der Waals surface area contributed by atoms with Crippen LogP contribution in [0.4, 0.5) is 0 Å². The highest BCUT2D eigenvalue weighted by molar-refractivity contribution is 5.11. The number of aromatic nitrogens is 2. The van der Waals surface area contributed by atoms with Gasteiger partial charge in [-0.25, -0.2) is 0 Å². The first-order valence-corrected chi connectivity index (χ1v) is 5.61. The minimum absolute atomic E-state index is 0.389. The molecule has 0 atom stereocenters.